The number of nitrogens with zero attached hydrogens (tertiary/aromatic N) is 1. The second kappa shape index (κ2) is 5.47. The molecule has 0 spiro atoms. The van der Waals surface area contributed by atoms with E-state index in [1.807, 2.05) is 36.4 Å². The largest absolute Gasteiger partial charge is 0.333 e. The predicted molar refractivity (Wildman–Crippen MR) is 79.4 cm³/mol. The van der Waals surface area contributed by atoms with Gasteiger partial charge in [-0.2, -0.15) is 0 Å². The van der Waals surface area contributed by atoms with E-state index in [0.29, 0.717) is 6.54 Å². The number of rotatable bonds is 4. The number of aromatic nitrogens is 2. The van der Waals surface area contributed by atoms with Gasteiger partial charge in [0.2, 0.25) is 0 Å². The highest BCUT2D eigenvalue weighted by Gasteiger charge is 2.07. The number of para-hydroxylation sites is 2. The monoisotopic (exact) mass is 269 g/mol. The van der Waals surface area contributed by atoms with E-state index in [1.54, 1.807) is 11.8 Å². The van der Waals surface area contributed by atoms with Gasteiger partial charge in [-0.3, -0.25) is 0 Å². The summed E-state index contributed by atoms with van der Waals surface area (Å²) in [6, 6.07) is 16.4. The molecule has 0 aliphatic heterocycles. The van der Waals surface area contributed by atoms with Crippen molar-refractivity contribution in [1.29, 1.82) is 0 Å². The predicted octanol–water partition coefficient (Wildman–Crippen LogP) is 3.22. The van der Waals surface area contributed by atoms with E-state index in [-0.39, 0.29) is 0 Å². The molecule has 3 nitrogen and oxygen atoms in total. The number of benzene rings is 2. The minimum atomic E-state index is 0.664. The maximum absolute atomic E-state index is 5.65. The highest BCUT2D eigenvalue weighted by molar-refractivity contribution is 7.99. The normalized spacial score (nSPS) is 11.0. The molecule has 0 radical (unpaired) electrons. The molecular formula is C15H15N3S. The van der Waals surface area contributed by atoms with Crippen molar-refractivity contribution in [3.8, 4) is 0 Å². The third kappa shape index (κ3) is 2.64. The molecule has 0 saturated carbocycles. The first-order valence-corrected chi connectivity index (χ1v) is 7.09. The van der Waals surface area contributed by atoms with Crippen molar-refractivity contribution in [2.24, 2.45) is 5.73 Å². The van der Waals surface area contributed by atoms with E-state index < -0.39 is 0 Å². The lowest BCUT2D eigenvalue weighted by Crippen LogP contribution is -2.03. The molecule has 0 aliphatic carbocycles. The van der Waals surface area contributed by atoms with Gasteiger partial charge in [-0.1, -0.05) is 42.1 Å². The number of hydrogen-bond acceptors (Lipinski definition) is 3. The average molecular weight is 269 g/mol. The van der Waals surface area contributed by atoms with E-state index in [2.05, 4.69) is 22.1 Å². The Morgan fingerprint density at radius 3 is 2.68 bits per heavy atom. The lowest BCUT2D eigenvalue weighted by Gasteiger charge is -2.05. The molecule has 0 unspecified atom stereocenters. The molecule has 2 aromatic carbocycles. The highest BCUT2D eigenvalue weighted by Crippen LogP contribution is 2.29. The third-order valence-electron chi connectivity index (χ3n) is 2.96. The summed E-state index contributed by atoms with van der Waals surface area (Å²) in [6.07, 6.45) is 0.892. The van der Waals surface area contributed by atoms with Crippen LogP contribution in [0, 0.1) is 0 Å². The SMILES string of the molecule is NCCc1ccccc1Sc1nc2ccccc2[nH]1. The fourth-order valence-corrected chi connectivity index (χ4v) is 3.01. The van der Waals surface area contributed by atoms with Gasteiger partial charge in [0.25, 0.3) is 0 Å². The van der Waals surface area contributed by atoms with Crippen LogP contribution in [0.4, 0.5) is 0 Å². The van der Waals surface area contributed by atoms with Crippen molar-refractivity contribution in [1.82, 2.24) is 9.97 Å². The summed E-state index contributed by atoms with van der Waals surface area (Å²) >= 11 is 1.66. The first-order valence-electron chi connectivity index (χ1n) is 6.27. The van der Waals surface area contributed by atoms with Crippen LogP contribution >= 0.6 is 11.8 Å². The van der Waals surface area contributed by atoms with E-state index in [4.69, 9.17) is 5.73 Å². The van der Waals surface area contributed by atoms with E-state index in [1.165, 1.54) is 10.5 Å². The Morgan fingerprint density at radius 2 is 1.84 bits per heavy atom. The molecule has 0 fully saturated rings. The number of fused-ring (bicyclic) bond motifs is 1. The van der Waals surface area contributed by atoms with Crippen LogP contribution in [0.25, 0.3) is 11.0 Å². The summed E-state index contributed by atoms with van der Waals surface area (Å²) in [5.74, 6) is 0. The van der Waals surface area contributed by atoms with Gasteiger partial charge < -0.3 is 10.7 Å². The lowest BCUT2D eigenvalue weighted by molar-refractivity contribution is 0.942. The van der Waals surface area contributed by atoms with Gasteiger partial charge in [0.15, 0.2) is 5.16 Å². The summed E-state index contributed by atoms with van der Waals surface area (Å²) in [4.78, 5) is 9.13. The zero-order valence-electron chi connectivity index (χ0n) is 10.5. The van der Waals surface area contributed by atoms with E-state index >= 15 is 0 Å². The van der Waals surface area contributed by atoms with Gasteiger partial charge in [-0.15, -0.1) is 0 Å². The molecule has 0 saturated heterocycles. The number of nitrogens with one attached hydrogen (secondary N) is 1. The zero-order chi connectivity index (χ0) is 13.1. The van der Waals surface area contributed by atoms with Crippen LogP contribution in [0.15, 0.2) is 58.6 Å². The Balaban J connectivity index is 1.92. The fourth-order valence-electron chi connectivity index (χ4n) is 2.05. The average Bonchev–Trinajstić information content (AvgIpc) is 2.83. The molecule has 4 heteroatoms. The molecule has 3 aromatic rings. The number of hydrogen-bond donors (Lipinski definition) is 2. The second-order valence-corrected chi connectivity index (χ2v) is 5.34. The number of aromatic amines is 1. The first-order chi connectivity index (χ1) is 9.36. The number of imidazole rings is 1. The number of nitrogens with two attached hydrogens (primary N) is 1. The van der Waals surface area contributed by atoms with Crippen LogP contribution in [0.1, 0.15) is 5.56 Å². The summed E-state index contributed by atoms with van der Waals surface area (Å²) < 4.78 is 0. The zero-order valence-corrected chi connectivity index (χ0v) is 11.3. The van der Waals surface area contributed by atoms with E-state index in [0.717, 1.165) is 22.6 Å². The van der Waals surface area contributed by atoms with E-state index in [9.17, 15) is 0 Å². The van der Waals surface area contributed by atoms with Gasteiger partial charge in [0.1, 0.15) is 0 Å². The van der Waals surface area contributed by atoms with Gasteiger partial charge in [0.05, 0.1) is 11.0 Å². The maximum Gasteiger partial charge on any atom is 0.171 e. The molecule has 0 amide bonds. The molecule has 1 aromatic heterocycles. The molecule has 96 valence electrons. The Kier molecular flexibility index (Phi) is 3.53. The standard InChI is InChI=1S/C15H15N3S/c16-10-9-11-5-1-4-8-14(11)19-15-17-12-6-2-3-7-13(12)18-15/h1-8H,9-10,16H2,(H,17,18). The molecule has 0 bridgehead atoms. The van der Waals surface area contributed by atoms with Crippen molar-refractivity contribution in [3.63, 3.8) is 0 Å². The van der Waals surface area contributed by atoms with Crippen molar-refractivity contribution < 1.29 is 0 Å². The molecule has 1 heterocycles. The molecule has 3 N–H and O–H groups in total. The Morgan fingerprint density at radius 1 is 1.05 bits per heavy atom. The Labute approximate surface area is 116 Å². The Bertz CT molecular complexity index is 657. The van der Waals surface area contributed by atoms with Gasteiger partial charge in [-0.25, -0.2) is 4.98 Å². The third-order valence-corrected chi connectivity index (χ3v) is 3.97. The van der Waals surface area contributed by atoms with Crippen molar-refractivity contribution >= 4 is 22.8 Å². The maximum atomic E-state index is 5.65. The van der Waals surface area contributed by atoms with Crippen LogP contribution in [0.2, 0.25) is 0 Å². The van der Waals surface area contributed by atoms with Crippen molar-refractivity contribution in [2.45, 2.75) is 16.5 Å². The van der Waals surface area contributed by atoms with Crippen LogP contribution in [0.3, 0.4) is 0 Å². The van der Waals surface area contributed by atoms with Crippen LogP contribution in [-0.2, 0) is 6.42 Å². The smallest absolute Gasteiger partial charge is 0.171 e. The van der Waals surface area contributed by atoms with Crippen LogP contribution in [0.5, 0.6) is 0 Å². The summed E-state index contributed by atoms with van der Waals surface area (Å²) in [5.41, 5.74) is 9.00. The molecular weight excluding hydrogens is 254 g/mol. The summed E-state index contributed by atoms with van der Waals surface area (Å²) in [5, 5.41) is 0.922. The fraction of sp³-hybridized carbons (Fsp3) is 0.133. The minimum absolute atomic E-state index is 0.664. The van der Waals surface area contributed by atoms with Crippen LogP contribution in [-0.4, -0.2) is 16.5 Å². The van der Waals surface area contributed by atoms with Gasteiger partial charge in [0, 0.05) is 4.90 Å². The van der Waals surface area contributed by atoms with Gasteiger partial charge in [-0.05, 0) is 36.7 Å². The molecule has 0 aliphatic rings. The van der Waals surface area contributed by atoms with Crippen molar-refractivity contribution in [2.75, 3.05) is 6.54 Å². The lowest BCUT2D eigenvalue weighted by atomic mass is 10.1. The molecule has 19 heavy (non-hydrogen) atoms. The Hall–Kier alpha value is -1.78. The topological polar surface area (TPSA) is 54.7 Å². The molecule has 3 rings (SSSR count). The quantitative estimate of drug-likeness (QED) is 0.764. The van der Waals surface area contributed by atoms with Crippen molar-refractivity contribution in [3.05, 3.63) is 54.1 Å². The highest BCUT2D eigenvalue weighted by atomic mass is 32.2. The summed E-state index contributed by atoms with van der Waals surface area (Å²) in [6.45, 7) is 0.664. The number of H-pyrrole nitrogens is 1. The second-order valence-electron chi connectivity index (χ2n) is 4.31. The van der Waals surface area contributed by atoms with Gasteiger partial charge >= 0.3 is 0 Å². The van der Waals surface area contributed by atoms with Crippen LogP contribution < -0.4 is 5.73 Å². The molecule has 0 atom stereocenters. The summed E-state index contributed by atoms with van der Waals surface area (Å²) in [7, 11) is 0. The minimum Gasteiger partial charge on any atom is -0.333 e. The first kappa shape index (κ1) is 12.3.